The van der Waals surface area contributed by atoms with E-state index in [2.05, 4.69) is 10.3 Å². The number of aryl methyl sites for hydroxylation is 1. The van der Waals surface area contributed by atoms with Gasteiger partial charge in [-0.15, -0.1) is 0 Å². The number of hydrogen-bond acceptors (Lipinski definition) is 4. The number of nitriles is 1. The maximum atomic E-state index is 12.1. The van der Waals surface area contributed by atoms with E-state index in [9.17, 15) is 4.79 Å². The van der Waals surface area contributed by atoms with E-state index in [1.807, 2.05) is 31.2 Å². The summed E-state index contributed by atoms with van der Waals surface area (Å²) in [5.74, 6) is 0.460. The van der Waals surface area contributed by atoms with Gasteiger partial charge in [-0.1, -0.05) is 12.1 Å². The monoisotopic (exact) mass is 305 g/mol. The molecule has 1 aromatic heterocycles. The molecule has 0 spiro atoms. The van der Waals surface area contributed by atoms with Gasteiger partial charge in [0, 0.05) is 19.0 Å². The number of carbonyl (C=O) groups excluding carboxylic acids is 1. The van der Waals surface area contributed by atoms with Gasteiger partial charge >= 0.3 is 0 Å². The molecule has 2 aromatic carbocycles. The Morgan fingerprint density at radius 3 is 3.00 bits per heavy atom. The van der Waals surface area contributed by atoms with Gasteiger partial charge in [-0.25, -0.2) is 4.98 Å². The maximum Gasteiger partial charge on any atom is 0.251 e. The van der Waals surface area contributed by atoms with E-state index in [1.165, 1.54) is 0 Å². The van der Waals surface area contributed by atoms with Crippen molar-refractivity contribution in [1.29, 1.82) is 5.26 Å². The van der Waals surface area contributed by atoms with Gasteiger partial charge in [-0.05, 0) is 42.3 Å². The highest BCUT2D eigenvalue weighted by Gasteiger charge is 2.07. The van der Waals surface area contributed by atoms with Crippen LogP contribution in [0, 0.1) is 18.3 Å². The molecule has 1 N–H and O–H groups in total. The van der Waals surface area contributed by atoms with E-state index < -0.39 is 0 Å². The lowest BCUT2D eigenvalue weighted by atomic mass is 10.1. The topological polar surface area (TPSA) is 78.9 Å². The van der Waals surface area contributed by atoms with Gasteiger partial charge in [-0.3, -0.25) is 4.79 Å². The van der Waals surface area contributed by atoms with Gasteiger partial charge in [0.05, 0.1) is 11.6 Å². The van der Waals surface area contributed by atoms with E-state index in [1.54, 1.807) is 24.3 Å². The molecule has 5 nitrogen and oxygen atoms in total. The zero-order valence-electron chi connectivity index (χ0n) is 12.7. The summed E-state index contributed by atoms with van der Waals surface area (Å²) in [4.78, 5) is 16.3. The van der Waals surface area contributed by atoms with Gasteiger partial charge in [0.1, 0.15) is 5.52 Å². The number of nitrogens with zero attached hydrogens (tertiary/aromatic N) is 2. The van der Waals surface area contributed by atoms with Crippen LogP contribution in [0.1, 0.15) is 27.4 Å². The van der Waals surface area contributed by atoms with E-state index in [0.717, 1.165) is 16.7 Å². The largest absolute Gasteiger partial charge is 0.441 e. The highest BCUT2D eigenvalue weighted by Crippen LogP contribution is 2.17. The van der Waals surface area contributed by atoms with E-state index in [-0.39, 0.29) is 5.91 Å². The number of benzene rings is 2. The molecule has 3 rings (SSSR count). The van der Waals surface area contributed by atoms with Crippen molar-refractivity contribution in [1.82, 2.24) is 10.3 Å². The molecular formula is C18H15N3O2. The Balaban J connectivity index is 1.61. The fourth-order valence-electron chi connectivity index (χ4n) is 2.39. The summed E-state index contributed by atoms with van der Waals surface area (Å²) in [5.41, 5.74) is 3.63. The first-order valence-corrected chi connectivity index (χ1v) is 7.30. The number of rotatable bonds is 4. The third kappa shape index (κ3) is 3.38. The first-order valence-electron chi connectivity index (χ1n) is 7.30. The first kappa shape index (κ1) is 14.8. The van der Waals surface area contributed by atoms with Crippen molar-refractivity contribution in [3.63, 3.8) is 0 Å². The van der Waals surface area contributed by atoms with Crippen molar-refractivity contribution in [2.45, 2.75) is 13.3 Å². The number of oxazole rings is 1. The highest BCUT2D eigenvalue weighted by atomic mass is 16.3. The van der Waals surface area contributed by atoms with Crippen LogP contribution in [0.25, 0.3) is 11.1 Å². The van der Waals surface area contributed by atoms with Crippen LogP contribution in [0.4, 0.5) is 0 Å². The van der Waals surface area contributed by atoms with Crippen molar-refractivity contribution < 1.29 is 9.21 Å². The molecule has 1 amide bonds. The number of fused-ring (bicyclic) bond motifs is 1. The summed E-state index contributed by atoms with van der Waals surface area (Å²) in [6.45, 7) is 2.32. The van der Waals surface area contributed by atoms with Crippen molar-refractivity contribution >= 4 is 17.0 Å². The molecule has 0 radical (unpaired) electrons. The summed E-state index contributed by atoms with van der Waals surface area (Å²) in [5, 5.41) is 11.7. The average Bonchev–Trinajstić information content (AvgIpc) is 2.94. The molecule has 0 bridgehead atoms. The molecule has 23 heavy (non-hydrogen) atoms. The molecule has 0 aliphatic carbocycles. The van der Waals surface area contributed by atoms with Crippen LogP contribution in [0.2, 0.25) is 0 Å². The molecule has 0 fully saturated rings. The molecule has 0 saturated carbocycles. The second-order valence-corrected chi connectivity index (χ2v) is 5.23. The van der Waals surface area contributed by atoms with E-state index >= 15 is 0 Å². The van der Waals surface area contributed by atoms with Crippen LogP contribution >= 0.6 is 0 Å². The number of nitrogens with one attached hydrogen (secondary N) is 1. The third-order valence-electron chi connectivity index (χ3n) is 3.51. The highest BCUT2D eigenvalue weighted by molar-refractivity contribution is 5.94. The second kappa shape index (κ2) is 6.32. The zero-order chi connectivity index (χ0) is 16.2. The molecular weight excluding hydrogens is 290 g/mol. The van der Waals surface area contributed by atoms with Crippen LogP contribution in [0.5, 0.6) is 0 Å². The molecule has 3 aromatic rings. The molecule has 114 valence electrons. The summed E-state index contributed by atoms with van der Waals surface area (Å²) >= 11 is 0. The van der Waals surface area contributed by atoms with Crippen LogP contribution < -0.4 is 5.32 Å². The standard InChI is InChI=1S/C18H15N3O2/c1-12-21-16-6-5-13(10-17(16)23-12)7-8-20-18(22)15-4-2-3-14(9-15)11-19/h2-6,9-10H,7-8H2,1H3,(H,20,22). The maximum absolute atomic E-state index is 12.1. The predicted molar refractivity (Wildman–Crippen MR) is 85.9 cm³/mol. The molecule has 0 aliphatic heterocycles. The van der Waals surface area contributed by atoms with E-state index in [0.29, 0.717) is 30.0 Å². The number of amides is 1. The molecule has 1 heterocycles. The lowest BCUT2D eigenvalue weighted by Crippen LogP contribution is -2.25. The van der Waals surface area contributed by atoms with Crippen molar-refractivity contribution in [2.24, 2.45) is 0 Å². The third-order valence-corrected chi connectivity index (χ3v) is 3.51. The van der Waals surface area contributed by atoms with Gasteiger partial charge in [0.2, 0.25) is 0 Å². The average molecular weight is 305 g/mol. The quantitative estimate of drug-likeness (QED) is 0.803. The van der Waals surface area contributed by atoms with Crippen LogP contribution in [-0.2, 0) is 6.42 Å². The Labute approximate surface area is 133 Å². The fraction of sp³-hybridized carbons (Fsp3) is 0.167. The Morgan fingerprint density at radius 2 is 2.17 bits per heavy atom. The fourth-order valence-corrected chi connectivity index (χ4v) is 2.39. The number of carbonyl (C=O) groups is 1. The summed E-state index contributed by atoms with van der Waals surface area (Å²) in [6.07, 6.45) is 0.694. The van der Waals surface area contributed by atoms with Crippen LogP contribution in [-0.4, -0.2) is 17.4 Å². The molecule has 0 saturated heterocycles. The zero-order valence-corrected chi connectivity index (χ0v) is 12.7. The SMILES string of the molecule is Cc1nc2ccc(CCNC(=O)c3cccc(C#N)c3)cc2o1. The van der Waals surface area contributed by atoms with Crippen molar-refractivity contribution in [2.75, 3.05) is 6.54 Å². The Kier molecular flexibility index (Phi) is 4.07. The summed E-state index contributed by atoms with van der Waals surface area (Å²) in [7, 11) is 0. The van der Waals surface area contributed by atoms with Gasteiger partial charge in [0.15, 0.2) is 11.5 Å². The molecule has 0 unspecified atom stereocenters. The Hall–Kier alpha value is -3.13. The normalized spacial score (nSPS) is 10.4. The minimum atomic E-state index is -0.182. The number of aromatic nitrogens is 1. The van der Waals surface area contributed by atoms with E-state index in [4.69, 9.17) is 9.68 Å². The molecule has 0 atom stereocenters. The predicted octanol–water partition coefficient (Wildman–Crippen LogP) is 2.98. The van der Waals surface area contributed by atoms with Gasteiger partial charge in [0.25, 0.3) is 5.91 Å². The molecule has 0 aliphatic rings. The van der Waals surface area contributed by atoms with Crippen LogP contribution in [0.3, 0.4) is 0 Å². The smallest absolute Gasteiger partial charge is 0.251 e. The number of hydrogen-bond donors (Lipinski definition) is 1. The summed E-state index contributed by atoms with van der Waals surface area (Å²) in [6, 6.07) is 14.5. The molecule has 5 heteroatoms. The lowest BCUT2D eigenvalue weighted by Gasteiger charge is -2.05. The van der Waals surface area contributed by atoms with Crippen LogP contribution in [0.15, 0.2) is 46.9 Å². The lowest BCUT2D eigenvalue weighted by molar-refractivity contribution is 0.0954. The van der Waals surface area contributed by atoms with Crippen molar-refractivity contribution in [3.05, 3.63) is 65.0 Å². The minimum absolute atomic E-state index is 0.182. The summed E-state index contributed by atoms with van der Waals surface area (Å²) < 4.78 is 5.50. The Morgan fingerprint density at radius 1 is 1.30 bits per heavy atom. The van der Waals surface area contributed by atoms with Gasteiger partial charge < -0.3 is 9.73 Å². The Bertz CT molecular complexity index is 906. The van der Waals surface area contributed by atoms with Gasteiger partial charge in [-0.2, -0.15) is 5.26 Å². The minimum Gasteiger partial charge on any atom is -0.441 e. The first-order chi connectivity index (χ1) is 11.2. The second-order valence-electron chi connectivity index (χ2n) is 5.23. The van der Waals surface area contributed by atoms with Crippen molar-refractivity contribution in [3.8, 4) is 6.07 Å².